The zero-order valence-electron chi connectivity index (χ0n) is 13.2. The third kappa shape index (κ3) is 3.85. The molecule has 0 unspecified atom stereocenters. The Balaban J connectivity index is 1.67. The van der Waals surface area contributed by atoms with E-state index in [-0.39, 0.29) is 5.91 Å². The van der Waals surface area contributed by atoms with E-state index in [9.17, 15) is 4.79 Å². The highest BCUT2D eigenvalue weighted by Gasteiger charge is 2.27. The van der Waals surface area contributed by atoms with Gasteiger partial charge >= 0.3 is 0 Å². The van der Waals surface area contributed by atoms with Crippen molar-refractivity contribution >= 4 is 40.1 Å². The highest BCUT2D eigenvalue weighted by atomic mass is 35.5. The molecule has 0 atom stereocenters. The van der Waals surface area contributed by atoms with Gasteiger partial charge in [-0.2, -0.15) is 0 Å². The first-order valence-electron chi connectivity index (χ1n) is 7.34. The number of nitrogens with zero attached hydrogens (tertiary/aromatic N) is 2. The molecular formula is C16H16ClN3O3S. The standard InChI is InChI=1S/C16H16ClN3O3S/c1-22-12-8-9(7-11(17)14(12)23-2)3-6-13(21)18-16-20-19-15(24-16)10-4-5-10/h3,6-8,10H,4-5H2,1-2H3,(H,18,20,21). The molecule has 0 aliphatic heterocycles. The SMILES string of the molecule is COc1cc(C=CC(=O)Nc2nnc(C3CC3)s2)cc(Cl)c1OC. The van der Waals surface area contributed by atoms with E-state index in [4.69, 9.17) is 21.1 Å². The Kier molecular flexibility index (Phi) is 5.01. The van der Waals surface area contributed by atoms with E-state index in [0.717, 1.165) is 23.4 Å². The molecule has 6 nitrogen and oxygen atoms in total. The number of benzene rings is 1. The average Bonchev–Trinajstić information content (AvgIpc) is 3.32. The summed E-state index contributed by atoms with van der Waals surface area (Å²) in [6.45, 7) is 0. The molecule has 126 valence electrons. The van der Waals surface area contributed by atoms with Crippen LogP contribution < -0.4 is 14.8 Å². The van der Waals surface area contributed by atoms with Crippen molar-refractivity contribution in [3.05, 3.63) is 33.8 Å². The Morgan fingerprint density at radius 3 is 2.79 bits per heavy atom. The summed E-state index contributed by atoms with van der Waals surface area (Å²) in [6.07, 6.45) is 5.37. The van der Waals surface area contributed by atoms with E-state index in [0.29, 0.717) is 27.6 Å². The zero-order valence-corrected chi connectivity index (χ0v) is 14.8. The van der Waals surface area contributed by atoms with Crippen molar-refractivity contribution in [2.24, 2.45) is 0 Å². The van der Waals surface area contributed by atoms with Gasteiger partial charge in [0, 0.05) is 12.0 Å². The maximum Gasteiger partial charge on any atom is 0.250 e. The van der Waals surface area contributed by atoms with Crippen molar-refractivity contribution in [2.75, 3.05) is 19.5 Å². The second-order valence-electron chi connectivity index (χ2n) is 5.28. The molecule has 1 aliphatic carbocycles. The molecule has 8 heteroatoms. The molecule has 1 aliphatic rings. The third-order valence-electron chi connectivity index (χ3n) is 3.48. The van der Waals surface area contributed by atoms with Gasteiger partial charge in [0.15, 0.2) is 11.5 Å². The van der Waals surface area contributed by atoms with Crippen LogP contribution in [0, 0.1) is 0 Å². The quantitative estimate of drug-likeness (QED) is 0.789. The van der Waals surface area contributed by atoms with Crippen molar-refractivity contribution in [1.29, 1.82) is 0 Å². The van der Waals surface area contributed by atoms with E-state index in [1.807, 2.05) is 0 Å². The summed E-state index contributed by atoms with van der Waals surface area (Å²) in [5, 5.41) is 12.7. The molecule has 2 aromatic rings. The lowest BCUT2D eigenvalue weighted by atomic mass is 10.2. The predicted octanol–water partition coefficient (Wildman–Crippen LogP) is 3.74. The van der Waals surface area contributed by atoms with Gasteiger partial charge in [0.2, 0.25) is 11.0 Å². The van der Waals surface area contributed by atoms with Crippen molar-refractivity contribution < 1.29 is 14.3 Å². The lowest BCUT2D eigenvalue weighted by Crippen LogP contribution is -2.07. The maximum atomic E-state index is 12.0. The summed E-state index contributed by atoms with van der Waals surface area (Å²) < 4.78 is 10.4. The van der Waals surface area contributed by atoms with Gasteiger partial charge in [-0.25, -0.2) is 0 Å². The first kappa shape index (κ1) is 16.7. The predicted molar refractivity (Wildman–Crippen MR) is 94.1 cm³/mol. The monoisotopic (exact) mass is 365 g/mol. The second-order valence-corrected chi connectivity index (χ2v) is 6.70. The van der Waals surface area contributed by atoms with Gasteiger partial charge < -0.3 is 9.47 Å². The number of carbonyl (C=O) groups is 1. The zero-order chi connectivity index (χ0) is 17.1. The third-order valence-corrected chi connectivity index (χ3v) is 4.76. The molecule has 1 saturated carbocycles. The van der Waals surface area contributed by atoms with Crippen LogP contribution in [0.3, 0.4) is 0 Å². The molecule has 1 heterocycles. The van der Waals surface area contributed by atoms with Crippen LogP contribution in [0.4, 0.5) is 5.13 Å². The number of anilines is 1. The van der Waals surface area contributed by atoms with Crippen molar-refractivity contribution in [1.82, 2.24) is 10.2 Å². The number of hydrogen-bond donors (Lipinski definition) is 1. The Bertz CT molecular complexity index is 787. The molecule has 3 rings (SSSR count). The fourth-order valence-corrected chi connectivity index (χ4v) is 3.35. The first-order valence-corrected chi connectivity index (χ1v) is 8.54. The smallest absolute Gasteiger partial charge is 0.250 e. The molecule has 1 fully saturated rings. The Morgan fingerprint density at radius 2 is 2.12 bits per heavy atom. The van der Waals surface area contributed by atoms with Gasteiger partial charge in [-0.15, -0.1) is 10.2 Å². The number of aromatic nitrogens is 2. The number of ether oxygens (including phenoxy) is 2. The molecule has 1 amide bonds. The lowest BCUT2D eigenvalue weighted by Gasteiger charge is -2.10. The van der Waals surface area contributed by atoms with E-state index >= 15 is 0 Å². The highest BCUT2D eigenvalue weighted by molar-refractivity contribution is 7.15. The molecule has 1 aromatic heterocycles. The molecule has 0 radical (unpaired) electrons. The number of amides is 1. The minimum Gasteiger partial charge on any atom is -0.493 e. The molecule has 24 heavy (non-hydrogen) atoms. The normalized spacial score (nSPS) is 14.0. The van der Waals surface area contributed by atoms with Crippen molar-refractivity contribution in [3.63, 3.8) is 0 Å². The Morgan fingerprint density at radius 1 is 1.33 bits per heavy atom. The number of carbonyl (C=O) groups excluding carboxylic acids is 1. The summed E-state index contributed by atoms with van der Waals surface area (Å²) in [6, 6.07) is 3.44. The van der Waals surface area contributed by atoms with Crippen LogP contribution in [-0.4, -0.2) is 30.3 Å². The summed E-state index contributed by atoms with van der Waals surface area (Å²) in [5.41, 5.74) is 0.726. The minimum absolute atomic E-state index is 0.278. The van der Waals surface area contributed by atoms with E-state index in [1.165, 1.54) is 31.6 Å². The second kappa shape index (κ2) is 7.19. The summed E-state index contributed by atoms with van der Waals surface area (Å²) in [5.74, 6) is 1.21. The van der Waals surface area contributed by atoms with Gasteiger partial charge in [0.05, 0.1) is 19.2 Å². The van der Waals surface area contributed by atoms with Crippen LogP contribution in [-0.2, 0) is 4.79 Å². The van der Waals surface area contributed by atoms with Crippen LogP contribution in [0.25, 0.3) is 6.08 Å². The Labute approximate surface area is 148 Å². The summed E-state index contributed by atoms with van der Waals surface area (Å²) in [7, 11) is 3.05. The number of halogens is 1. The fourth-order valence-electron chi connectivity index (χ4n) is 2.13. The molecule has 0 bridgehead atoms. The molecule has 1 aromatic carbocycles. The van der Waals surface area contributed by atoms with Gasteiger partial charge in [-0.05, 0) is 36.6 Å². The van der Waals surface area contributed by atoms with Gasteiger partial charge in [-0.3, -0.25) is 10.1 Å². The maximum absolute atomic E-state index is 12.0. The summed E-state index contributed by atoms with van der Waals surface area (Å²) >= 11 is 7.56. The molecular weight excluding hydrogens is 350 g/mol. The van der Waals surface area contributed by atoms with E-state index < -0.39 is 0 Å². The molecule has 0 saturated heterocycles. The minimum atomic E-state index is -0.278. The lowest BCUT2D eigenvalue weighted by molar-refractivity contribution is -0.111. The van der Waals surface area contributed by atoms with Gasteiger partial charge in [-0.1, -0.05) is 22.9 Å². The van der Waals surface area contributed by atoms with Gasteiger partial charge in [0.25, 0.3) is 0 Å². The largest absolute Gasteiger partial charge is 0.493 e. The number of rotatable bonds is 6. The van der Waals surface area contributed by atoms with Crippen molar-refractivity contribution in [2.45, 2.75) is 18.8 Å². The summed E-state index contributed by atoms with van der Waals surface area (Å²) in [4.78, 5) is 12.0. The van der Waals surface area contributed by atoms with Gasteiger partial charge in [0.1, 0.15) is 5.01 Å². The van der Waals surface area contributed by atoms with Crippen LogP contribution >= 0.6 is 22.9 Å². The van der Waals surface area contributed by atoms with Crippen LogP contribution in [0.1, 0.15) is 29.3 Å². The van der Waals surface area contributed by atoms with Crippen molar-refractivity contribution in [3.8, 4) is 11.5 Å². The number of hydrogen-bond acceptors (Lipinski definition) is 6. The molecule has 0 spiro atoms. The topological polar surface area (TPSA) is 73.3 Å². The first-order chi connectivity index (χ1) is 11.6. The van der Waals surface area contributed by atoms with Crippen LogP contribution in [0.5, 0.6) is 11.5 Å². The highest BCUT2D eigenvalue weighted by Crippen LogP contribution is 2.42. The Hall–Kier alpha value is -2.12. The van der Waals surface area contributed by atoms with E-state index in [1.54, 1.807) is 18.2 Å². The molecule has 1 N–H and O–H groups in total. The van der Waals surface area contributed by atoms with Crippen LogP contribution in [0.2, 0.25) is 5.02 Å². The number of nitrogens with one attached hydrogen (secondary N) is 1. The van der Waals surface area contributed by atoms with Crippen LogP contribution in [0.15, 0.2) is 18.2 Å². The average molecular weight is 366 g/mol. The fraction of sp³-hybridized carbons (Fsp3) is 0.312. The van der Waals surface area contributed by atoms with E-state index in [2.05, 4.69) is 15.5 Å². The number of methoxy groups -OCH3 is 2.